The van der Waals surface area contributed by atoms with Crippen LogP contribution in [0.1, 0.15) is 30.9 Å². The minimum absolute atomic E-state index is 0.344. The number of benzene rings is 1. The van der Waals surface area contributed by atoms with E-state index in [0.717, 1.165) is 6.42 Å². The van der Waals surface area contributed by atoms with Gasteiger partial charge in [-0.25, -0.2) is 0 Å². The van der Waals surface area contributed by atoms with Gasteiger partial charge in [-0.3, -0.25) is 0 Å². The highest BCUT2D eigenvalue weighted by molar-refractivity contribution is 5.37. The minimum Gasteiger partial charge on any atom is -0.508 e. The van der Waals surface area contributed by atoms with Gasteiger partial charge < -0.3 is 5.11 Å². The zero-order valence-electron chi connectivity index (χ0n) is 8.25. The molecule has 0 unspecified atom stereocenters. The Morgan fingerprint density at radius 1 is 1.46 bits per heavy atom. The van der Waals surface area contributed by atoms with E-state index < -0.39 is 0 Å². The van der Waals surface area contributed by atoms with Crippen molar-refractivity contribution in [3.63, 3.8) is 0 Å². The first kappa shape index (κ1) is 9.85. The molecule has 1 heteroatoms. The summed E-state index contributed by atoms with van der Waals surface area (Å²) < 4.78 is 0. The Hall–Kier alpha value is -1.24. The molecule has 1 aromatic rings. The van der Waals surface area contributed by atoms with Crippen molar-refractivity contribution in [2.75, 3.05) is 0 Å². The summed E-state index contributed by atoms with van der Waals surface area (Å²) in [5.41, 5.74) is 2.46. The standard InChI is InChI=1S/C12H16O/c1-4-5-10-6-7-11(13)8-12(10)9(2)3/h4,6-9,13H,1,5H2,2-3H3. The van der Waals surface area contributed by atoms with E-state index in [-0.39, 0.29) is 0 Å². The number of phenols is 1. The van der Waals surface area contributed by atoms with Crippen LogP contribution in [0.2, 0.25) is 0 Å². The van der Waals surface area contributed by atoms with Gasteiger partial charge >= 0.3 is 0 Å². The molecular formula is C12H16O. The Morgan fingerprint density at radius 2 is 2.15 bits per heavy atom. The summed E-state index contributed by atoms with van der Waals surface area (Å²) in [4.78, 5) is 0. The fraction of sp³-hybridized carbons (Fsp3) is 0.333. The second kappa shape index (κ2) is 4.13. The highest BCUT2D eigenvalue weighted by atomic mass is 16.3. The molecule has 0 aliphatic rings. The van der Waals surface area contributed by atoms with Crippen LogP contribution >= 0.6 is 0 Å². The molecule has 0 aliphatic carbocycles. The van der Waals surface area contributed by atoms with Gasteiger partial charge in [0.25, 0.3) is 0 Å². The van der Waals surface area contributed by atoms with Crippen LogP contribution in [-0.4, -0.2) is 5.11 Å². The van der Waals surface area contributed by atoms with Crippen LogP contribution in [0, 0.1) is 0 Å². The summed E-state index contributed by atoms with van der Waals surface area (Å²) in [6.45, 7) is 7.97. The predicted molar refractivity (Wildman–Crippen MR) is 56.1 cm³/mol. The average Bonchev–Trinajstić information content (AvgIpc) is 2.08. The Bertz CT molecular complexity index is 300. The van der Waals surface area contributed by atoms with Crippen molar-refractivity contribution in [1.82, 2.24) is 0 Å². The molecule has 1 N–H and O–H groups in total. The van der Waals surface area contributed by atoms with E-state index in [4.69, 9.17) is 0 Å². The van der Waals surface area contributed by atoms with Gasteiger partial charge in [-0.2, -0.15) is 0 Å². The monoisotopic (exact) mass is 176 g/mol. The van der Waals surface area contributed by atoms with Crippen LogP contribution in [-0.2, 0) is 6.42 Å². The zero-order valence-corrected chi connectivity index (χ0v) is 8.25. The summed E-state index contributed by atoms with van der Waals surface area (Å²) in [5.74, 6) is 0.790. The van der Waals surface area contributed by atoms with Crippen LogP contribution < -0.4 is 0 Å². The summed E-state index contributed by atoms with van der Waals surface area (Å²) in [7, 11) is 0. The first-order valence-corrected chi connectivity index (χ1v) is 4.58. The maximum Gasteiger partial charge on any atom is 0.115 e. The molecule has 0 radical (unpaired) electrons. The number of hydrogen-bond donors (Lipinski definition) is 1. The Labute approximate surface area is 79.7 Å². The van der Waals surface area contributed by atoms with Gasteiger partial charge in [0.2, 0.25) is 0 Å². The molecule has 0 heterocycles. The molecule has 0 atom stereocenters. The highest BCUT2D eigenvalue weighted by Crippen LogP contribution is 2.24. The average molecular weight is 176 g/mol. The molecule has 0 bridgehead atoms. The van der Waals surface area contributed by atoms with Crippen molar-refractivity contribution in [3.8, 4) is 5.75 Å². The van der Waals surface area contributed by atoms with Crippen molar-refractivity contribution in [1.29, 1.82) is 0 Å². The maximum absolute atomic E-state index is 9.33. The normalized spacial score (nSPS) is 10.4. The Morgan fingerprint density at radius 3 is 2.69 bits per heavy atom. The predicted octanol–water partition coefficient (Wildman–Crippen LogP) is 3.24. The van der Waals surface area contributed by atoms with Gasteiger partial charge in [0.05, 0.1) is 0 Å². The molecule has 1 rings (SSSR count). The van der Waals surface area contributed by atoms with Crippen LogP contribution in [0.3, 0.4) is 0 Å². The maximum atomic E-state index is 9.33. The van der Waals surface area contributed by atoms with Gasteiger partial charge in [0, 0.05) is 0 Å². The quantitative estimate of drug-likeness (QED) is 0.701. The van der Waals surface area contributed by atoms with Crippen molar-refractivity contribution in [2.45, 2.75) is 26.2 Å². The number of allylic oxidation sites excluding steroid dienone is 1. The van der Waals surface area contributed by atoms with Crippen LogP contribution in [0.15, 0.2) is 30.9 Å². The summed E-state index contributed by atoms with van der Waals surface area (Å²) in [6, 6.07) is 5.53. The largest absolute Gasteiger partial charge is 0.508 e. The summed E-state index contributed by atoms with van der Waals surface area (Å²) in [6.07, 6.45) is 2.76. The van der Waals surface area contributed by atoms with Crippen molar-refractivity contribution in [2.24, 2.45) is 0 Å². The number of phenolic OH excluding ortho intramolecular Hbond substituents is 1. The Balaban J connectivity index is 3.10. The SMILES string of the molecule is C=CCc1ccc(O)cc1C(C)C. The third-order valence-electron chi connectivity index (χ3n) is 2.12. The third-order valence-corrected chi connectivity index (χ3v) is 2.12. The molecule has 0 amide bonds. The molecule has 0 spiro atoms. The van der Waals surface area contributed by atoms with E-state index in [0.29, 0.717) is 11.7 Å². The van der Waals surface area contributed by atoms with E-state index in [9.17, 15) is 5.11 Å². The Kier molecular flexibility index (Phi) is 3.13. The minimum atomic E-state index is 0.344. The van der Waals surface area contributed by atoms with E-state index in [2.05, 4.69) is 20.4 Å². The lowest BCUT2D eigenvalue weighted by atomic mass is 9.95. The summed E-state index contributed by atoms with van der Waals surface area (Å²) in [5, 5.41) is 9.33. The fourth-order valence-corrected chi connectivity index (χ4v) is 1.46. The van der Waals surface area contributed by atoms with Crippen molar-refractivity contribution < 1.29 is 5.11 Å². The molecule has 0 saturated carbocycles. The van der Waals surface area contributed by atoms with E-state index in [1.807, 2.05) is 18.2 Å². The summed E-state index contributed by atoms with van der Waals surface area (Å²) >= 11 is 0. The fourth-order valence-electron chi connectivity index (χ4n) is 1.46. The lowest BCUT2D eigenvalue weighted by molar-refractivity contribution is 0.474. The van der Waals surface area contributed by atoms with Crippen molar-refractivity contribution >= 4 is 0 Å². The third kappa shape index (κ3) is 2.35. The van der Waals surface area contributed by atoms with Crippen molar-refractivity contribution in [3.05, 3.63) is 42.0 Å². The molecule has 0 aliphatic heterocycles. The lowest BCUT2D eigenvalue weighted by Crippen LogP contribution is -1.94. The van der Waals surface area contributed by atoms with Gasteiger partial charge in [0.1, 0.15) is 5.75 Å². The molecule has 1 aromatic carbocycles. The number of aromatic hydroxyl groups is 1. The van der Waals surface area contributed by atoms with E-state index >= 15 is 0 Å². The zero-order chi connectivity index (χ0) is 9.84. The van der Waals surface area contributed by atoms with Gasteiger partial charge in [-0.05, 0) is 35.6 Å². The van der Waals surface area contributed by atoms with E-state index in [1.165, 1.54) is 11.1 Å². The van der Waals surface area contributed by atoms with E-state index in [1.54, 1.807) is 6.07 Å². The second-order valence-corrected chi connectivity index (χ2v) is 3.53. The first-order valence-electron chi connectivity index (χ1n) is 4.58. The van der Waals surface area contributed by atoms with Crippen LogP contribution in [0.5, 0.6) is 5.75 Å². The van der Waals surface area contributed by atoms with Gasteiger partial charge in [0.15, 0.2) is 0 Å². The first-order chi connectivity index (χ1) is 6.15. The highest BCUT2D eigenvalue weighted by Gasteiger charge is 2.05. The molecule has 0 saturated heterocycles. The topological polar surface area (TPSA) is 20.2 Å². The molecule has 13 heavy (non-hydrogen) atoms. The molecular weight excluding hydrogens is 160 g/mol. The number of hydrogen-bond acceptors (Lipinski definition) is 1. The smallest absolute Gasteiger partial charge is 0.115 e. The molecule has 1 nitrogen and oxygen atoms in total. The molecule has 0 aromatic heterocycles. The van der Waals surface area contributed by atoms with Gasteiger partial charge in [-0.1, -0.05) is 26.0 Å². The van der Waals surface area contributed by atoms with Crippen LogP contribution in [0.25, 0.3) is 0 Å². The molecule has 70 valence electrons. The van der Waals surface area contributed by atoms with Gasteiger partial charge in [-0.15, -0.1) is 6.58 Å². The molecule has 0 fully saturated rings. The van der Waals surface area contributed by atoms with Crippen LogP contribution in [0.4, 0.5) is 0 Å². The second-order valence-electron chi connectivity index (χ2n) is 3.53. The number of rotatable bonds is 3. The lowest BCUT2D eigenvalue weighted by Gasteiger charge is -2.11.